The van der Waals surface area contributed by atoms with E-state index in [2.05, 4.69) is 19.2 Å². The van der Waals surface area contributed by atoms with Crippen molar-refractivity contribution in [3.8, 4) is 0 Å². The molecule has 2 unspecified atom stereocenters. The number of carbonyl (C=O) groups excluding carboxylic acids is 1. The van der Waals surface area contributed by atoms with E-state index in [-0.39, 0.29) is 18.1 Å². The van der Waals surface area contributed by atoms with Gasteiger partial charge in [-0.1, -0.05) is 25.4 Å². The third-order valence-corrected chi connectivity index (χ3v) is 4.08. The topological polar surface area (TPSA) is 38.3 Å². The molecular formula is C13H20ClNO2S. The Morgan fingerprint density at radius 1 is 1.44 bits per heavy atom. The van der Waals surface area contributed by atoms with E-state index in [0.717, 1.165) is 15.6 Å². The van der Waals surface area contributed by atoms with Crippen LogP contribution in [0.25, 0.3) is 0 Å². The molecular weight excluding hydrogens is 270 g/mol. The smallest absolute Gasteiger partial charge is 0.322 e. The number of hydrogen-bond acceptors (Lipinski definition) is 4. The lowest BCUT2D eigenvalue weighted by molar-refractivity contribution is -0.143. The number of rotatable bonds is 6. The molecule has 5 heteroatoms. The fraction of sp³-hybridized carbons (Fsp3) is 0.615. The highest BCUT2D eigenvalue weighted by Gasteiger charge is 2.23. The Morgan fingerprint density at radius 2 is 2.11 bits per heavy atom. The first-order chi connectivity index (χ1) is 8.43. The van der Waals surface area contributed by atoms with Gasteiger partial charge in [0.25, 0.3) is 0 Å². The fourth-order valence-corrected chi connectivity index (χ4v) is 2.86. The molecule has 0 fully saturated rings. The lowest BCUT2D eigenvalue weighted by atomic mass is 10.0. The number of hydrogen-bond donors (Lipinski definition) is 1. The van der Waals surface area contributed by atoms with E-state index >= 15 is 0 Å². The van der Waals surface area contributed by atoms with Gasteiger partial charge in [-0.15, -0.1) is 11.3 Å². The Balaban J connectivity index is 2.67. The molecule has 1 aromatic heterocycles. The number of ether oxygens (including phenoxy) is 1. The van der Waals surface area contributed by atoms with Gasteiger partial charge in [-0.25, -0.2) is 0 Å². The summed E-state index contributed by atoms with van der Waals surface area (Å²) in [5.41, 5.74) is 0. The summed E-state index contributed by atoms with van der Waals surface area (Å²) in [6, 6.07) is 3.67. The fourth-order valence-electron chi connectivity index (χ4n) is 1.79. The third-order valence-electron chi connectivity index (χ3n) is 2.66. The van der Waals surface area contributed by atoms with E-state index in [1.54, 1.807) is 0 Å². The van der Waals surface area contributed by atoms with Gasteiger partial charge >= 0.3 is 5.97 Å². The zero-order chi connectivity index (χ0) is 13.7. The number of methoxy groups -OCH3 is 1. The Kier molecular flexibility index (Phi) is 6.12. The van der Waals surface area contributed by atoms with Gasteiger partial charge in [-0.05, 0) is 31.4 Å². The van der Waals surface area contributed by atoms with Crippen LogP contribution in [0.4, 0.5) is 0 Å². The molecule has 0 bridgehead atoms. The van der Waals surface area contributed by atoms with Crippen molar-refractivity contribution in [2.24, 2.45) is 5.92 Å². The van der Waals surface area contributed by atoms with Crippen LogP contribution in [0.5, 0.6) is 0 Å². The first-order valence-corrected chi connectivity index (χ1v) is 7.22. The maximum Gasteiger partial charge on any atom is 0.322 e. The summed E-state index contributed by atoms with van der Waals surface area (Å²) in [7, 11) is 1.42. The molecule has 0 aromatic carbocycles. The van der Waals surface area contributed by atoms with Crippen molar-refractivity contribution in [1.29, 1.82) is 0 Å². The number of nitrogens with one attached hydrogen (secondary N) is 1. The molecule has 0 saturated carbocycles. The first kappa shape index (κ1) is 15.5. The van der Waals surface area contributed by atoms with Crippen molar-refractivity contribution in [1.82, 2.24) is 5.32 Å². The van der Waals surface area contributed by atoms with Crippen LogP contribution < -0.4 is 5.32 Å². The summed E-state index contributed by atoms with van der Waals surface area (Å²) in [6.45, 7) is 6.20. The maximum absolute atomic E-state index is 11.7. The lowest BCUT2D eigenvalue weighted by Gasteiger charge is -2.22. The number of thiophene rings is 1. The highest BCUT2D eigenvalue weighted by molar-refractivity contribution is 7.16. The van der Waals surface area contributed by atoms with E-state index in [9.17, 15) is 4.79 Å². The minimum Gasteiger partial charge on any atom is -0.468 e. The van der Waals surface area contributed by atoms with Gasteiger partial charge in [0.2, 0.25) is 0 Å². The van der Waals surface area contributed by atoms with E-state index in [4.69, 9.17) is 16.3 Å². The van der Waals surface area contributed by atoms with Crippen molar-refractivity contribution in [3.05, 3.63) is 21.3 Å². The van der Waals surface area contributed by atoms with Crippen molar-refractivity contribution in [2.75, 3.05) is 7.11 Å². The minimum atomic E-state index is -0.272. The molecule has 0 aliphatic rings. The molecule has 0 radical (unpaired) electrons. The van der Waals surface area contributed by atoms with Crippen molar-refractivity contribution in [2.45, 2.75) is 39.3 Å². The highest BCUT2D eigenvalue weighted by atomic mass is 35.5. The van der Waals surface area contributed by atoms with E-state index in [1.807, 2.05) is 19.1 Å². The van der Waals surface area contributed by atoms with E-state index < -0.39 is 0 Å². The molecule has 18 heavy (non-hydrogen) atoms. The molecule has 102 valence electrons. The van der Waals surface area contributed by atoms with E-state index in [1.165, 1.54) is 18.4 Å². The normalized spacial score (nSPS) is 14.6. The molecule has 0 saturated heterocycles. The number of carbonyl (C=O) groups is 1. The van der Waals surface area contributed by atoms with Crippen LogP contribution >= 0.6 is 22.9 Å². The molecule has 0 amide bonds. The second kappa shape index (κ2) is 7.12. The summed E-state index contributed by atoms with van der Waals surface area (Å²) >= 11 is 7.44. The van der Waals surface area contributed by atoms with Gasteiger partial charge in [0.15, 0.2) is 0 Å². The summed E-state index contributed by atoms with van der Waals surface area (Å²) in [4.78, 5) is 12.8. The molecule has 1 aromatic rings. The largest absolute Gasteiger partial charge is 0.468 e. The van der Waals surface area contributed by atoms with Crippen LogP contribution in [-0.4, -0.2) is 19.1 Å². The average molecular weight is 290 g/mol. The van der Waals surface area contributed by atoms with Crippen LogP contribution in [0.3, 0.4) is 0 Å². The Labute approximate surface area is 117 Å². The van der Waals surface area contributed by atoms with Crippen LogP contribution in [0.1, 0.15) is 38.1 Å². The van der Waals surface area contributed by atoms with Gasteiger partial charge in [-0.3, -0.25) is 10.1 Å². The quantitative estimate of drug-likeness (QED) is 0.813. The van der Waals surface area contributed by atoms with Gasteiger partial charge < -0.3 is 4.74 Å². The number of esters is 1. The summed E-state index contributed by atoms with van der Waals surface area (Å²) < 4.78 is 5.59. The standard InChI is InChI=1S/C13H20ClNO2S/c1-8(2)7-10(13(16)17-4)15-9(3)11-5-6-12(14)18-11/h5-6,8-10,15H,7H2,1-4H3. The van der Waals surface area contributed by atoms with E-state index in [0.29, 0.717) is 5.92 Å². The SMILES string of the molecule is COC(=O)C(CC(C)C)NC(C)c1ccc(Cl)s1. The maximum atomic E-state index is 11.7. The van der Waals surface area contributed by atoms with Crippen molar-refractivity contribution < 1.29 is 9.53 Å². The predicted octanol–water partition coefficient (Wildman–Crippen LogP) is 3.64. The first-order valence-electron chi connectivity index (χ1n) is 6.03. The molecule has 0 spiro atoms. The Morgan fingerprint density at radius 3 is 2.56 bits per heavy atom. The minimum absolute atomic E-state index is 0.0883. The lowest BCUT2D eigenvalue weighted by Crippen LogP contribution is -2.39. The summed E-state index contributed by atoms with van der Waals surface area (Å²) in [6.07, 6.45) is 0.760. The molecule has 1 rings (SSSR count). The second-order valence-electron chi connectivity index (χ2n) is 4.74. The second-order valence-corrected chi connectivity index (χ2v) is 6.48. The van der Waals surface area contributed by atoms with Gasteiger partial charge in [0.05, 0.1) is 11.4 Å². The monoisotopic (exact) mass is 289 g/mol. The third kappa shape index (κ3) is 4.59. The van der Waals surface area contributed by atoms with Crippen LogP contribution in [-0.2, 0) is 9.53 Å². The van der Waals surface area contributed by atoms with Crippen LogP contribution in [0, 0.1) is 5.92 Å². The van der Waals surface area contributed by atoms with Crippen LogP contribution in [0.2, 0.25) is 4.34 Å². The van der Waals surface area contributed by atoms with Gasteiger partial charge in [0, 0.05) is 10.9 Å². The van der Waals surface area contributed by atoms with Crippen LogP contribution in [0.15, 0.2) is 12.1 Å². The molecule has 1 N–H and O–H groups in total. The molecule has 2 atom stereocenters. The average Bonchev–Trinajstić information content (AvgIpc) is 2.73. The van der Waals surface area contributed by atoms with Gasteiger partial charge in [-0.2, -0.15) is 0 Å². The van der Waals surface area contributed by atoms with Crippen molar-refractivity contribution >= 4 is 28.9 Å². The summed E-state index contributed by atoms with van der Waals surface area (Å²) in [5, 5.41) is 3.31. The predicted molar refractivity (Wildman–Crippen MR) is 76.1 cm³/mol. The highest BCUT2D eigenvalue weighted by Crippen LogP contribution is 2.27. The van der Waals surface area contributed by atoms with Crippen molar-refractivity contribution in [3.63, 3.8) is 0 Å². The molecule has 0 aliphatic heterocycles. The molecule has 0 aliphatic carbocycles. The summed E-state index contributed by atoms with van der Waals surface area (Å²) in [5.74, 6) is 0.221. The zero-order valence-electron chi connectivity index (χ0n) is 11.2. The number of halogens is 1. The molecule has 3 nitrogen and oxygen atoms in total. The Bertz CT molecular complexity index is 392. The van der Waals surface area contributed by atoms with Gasteiger partial charge in [0.1, 0.15) is 6.04 Å². The zero-order valence-corrected chi connectivity index (χ0v) is 12.8. The molecule has 1 heterocycles. The Hall–Kier alpha value is -0.580.